The highest BCUT2D eigenvalue weighted by atomic mass is 35.5. The van der Waals surface area contributed by atoms with Gasteiger partial charge in [-0.1, -0.05) is 35.7 Å². The summed E-state index contributed by atoms with van der Waals surface area (Å²) in [6.07, 6.45) is 5.65. The fourth-order valence-electron chi connectivity index (χ4n) is 3.02. The van der Waals surface area contributed by atoms with E-state index in [0.717, 1.165) is 29.7 Å². The molecule has 1 N–H and O–H groups in total. The van der Waals surface area contributed by atoms with E-state index in [1.54, 1.807) is 12.3 Å². The Morgan fingerprint density at radius 2 is 2.00 bits per heavy atom. The molecule has 4 nitrogen and oxygen atoms in total. The van der Waals surface area contributed by atoms with Crippen molar-refractivity contribution in [3.63, 3.8) is 0 Å². The van der Waals surface area contributed by atoms with Crippen LogP contribution in [0.25, 0.3) is 5.65 Å². The van der Waals surface area contributed by atoms with Crippen molar-refractivity contribution in [3.05, 3.63) is 57.3 Å². The summed E-state index contributed by atoms with van der Waals surface area (Å²) in [4.78, 5) is 4.74. The minimum atomic E-state index is 0.160. The van der Waals surface area contributed by atoms with Gasteiger partial charge in [-0.25, -0.2) is 4.98 Å². The van der Waals surface area contributed by atoms with Gasteiger partial charge in [0, 0.05) is 24.0 Å². The molecule has 0 amide bonds. The van der Waals surface area contributed by atoms with Gasteiger partial charge >= 0.3 is 0 Å². The predicted molar refractivity (Wildman–Crippen MR) is 90.5 cm³/mol. The molecule has 1 aliphatic rings. The van der Waals surface area contributed by atoms with Crippen LogP contribution < -0.4 is 0 Å². The number of aromatic nitrogens is 3. The van der Waals surface area contributed by atoms with Crippen LogP contribution in [-0.2, 0) is 6.42 Å². The van der Waals surface area contributed by atoms with E-state index in [0.29, 0.717) is 28.0 Å². The van der Waals surface area contributed by atoms with Gasteiger partial charge < -0.3 is 5.11 Å². The quantitative estimate of drug-likeness (QED) is 0.753. The van der Waals surface area contributed by atoms with Gasteiger partial charge in [0.05, 0.1) is 21.9 Å². The summed E-state index contributed by atoms with van der Waals surface area (Å²) in [7, 11) is 0. The number of aromatic hydroxyl groups is 1. The van der Waals surface area contributed by atoms with Crippen LogP contribution in [0.3, 0.4) is 0 Å². The molecule has 0 aliphatic heterocycles. The van der Waals surface area contributed by atoms with E-state index in [1.165, 1.54) is 10.9 Å². The highest BCUT2D eigenvalue weighted by molar-refractivity contribution is 6.42. The van der Waals surface area contributed by atoms with Gasteiger partial charge in [0.2, 0.25) is 5.88 Å². The van der Waals surface area contributed by atoms with Crippen LogP contribution in [0.5, 0.6) is 5.88 Å². The zero-order chi connectivity index (χ0) is 16.0. The second-order valence-electron chi connectivity index (χ2n) is 5.95. The van der Waals surface area contributed by atoms with Gasteiger partial charge in [-0.2, -0.15) is 9.61 Å². The standard InChI is InChI=1S/C17H15Cl2N3O/c18-13-5-4-10(9-14(13)19)8-12-16(11-2-1-3-11)21-15-6-7-20-22(15)17(12)23/h4-7,9,11,23H,1-3,8H2. The number of fused-ring (bicyclic) bond motifs is 1. The Hall–Kier alpha value is -1.78. The van der Waals surface area contributed by atoms with E-state index in [9.17, 15) is 5.11 Å². The highest BCUT2D eigenvalue weighted by Gasteiger charge is 2.27. The van der Waals surface area contributed by atoms with E-state index in [1.807, 2.05) is 18.2 Å². The Labute approximate surface area is 143 Å². The van der Waals surface area contributed by atoms with Crippen molar-refractivity contribution in [1.82, 2.24) is 14.6 Å². The molecule has 1 saturated carbocycles. The third-order valence-electron chi connectivity index (χ3n) is 4.49. The first-order chi connectivity index (χ1) is 11.1. The lowest BCUT2D eigenvalue weighted by Gasteiger charge is -2.27. The molecule has 2 heterocycles. The molecule has 3 aromatic rings. The van der Waals surface area contributed by atoms with Crippen LogP contribution in [0.1, 0.15) is 42.0 Å². The zero-order valence-electron chi connectivity index (χ0n) is 12.3. The smallest absolute Gasteiger partial charge is 0.219 e. The Morgan fingerprint density at radius 1 is 1.17 bits per heavy atom. The number of benzene rings is 1. The van der Waals surface area contributed by atoms with Gasteiger partial charge in [-0.15, -0.1) is 0 Å². The van der Waals surface area contributed by atoms with E-state index in [-0.39, 0.29) is 5.88 Å². The maximum Gasteiger partial charge on any atom is 0.219 e. The second-order valence-corrected chi connectivity index (χ2v) is 6.77. The molecule has 23 heavy (non-hydrogen) atoms. The molecule has 1 aromatic carbocycles. The molecule has 1 aliphatic carbocycles. The summed E-state index contributed by atoms with van der Waals surface area (Å²) in [5, 5.41) is 15.9. The number of hydrogen-bond acceptors (Lipinski definition) is 3. The van der Waals surface area contributed by atoms with E-state index < -0.39 is 0 Å². The first-order valence-corrected chi connectivity index (χ1v) is 8.38. The summed E-state index contributed by atoms with van der Waals surface area (Å²) < 4.78 is 1.48. The maximum atomic E-state index is 10.7. The summed E-state index contributed by atoms with van der Waals surface area (Å²) in [6.45, 7) is 0. The first kappa shape index (κ1) is 14.8. The molecule has 0 spiro atoms. The highest BCUT2D eigenvalue weighted by Crippen LogP contribution is 2.40. The number of nitrogens with zero attached hydrogens (tertiary/aromatic N) is 3. The van der Waals surface area contributed by atoms with Gasteiger partial charge in [-0.05, 0) is 30.5 Å². The molecule has 2 aromatic heterocycles. The van der Waals surface area contributed by atoms with Crippen molar-refractivity contribution >= 4 is 28.8 Å². The van der Waals surface area contributed by atoms with Crippen molar-refractivity contribution in [3.8, 4) is 5.88 Å². The van der Waals surface area contributed by atoms with Gasteiger partial charge in [-0.3, -0.25) is 0 Å². The van der Waals surface area contributed by atoms with Gasteiger partial charge in [0.25, 0.3) is 0 Å². The second kappa shape index (κ2) is 5.69. The van der Waals surface area contributed by atoms with Crippen molar-refractivity contribution < 1.29 is 5.11 Å². The lowest BCUT2D eigenvalue weighted by atomic mass is 9.80. The molecule has 6 heteroatoms. The van der Waals surface area contributed by atoms with Gasteiger partial charge in [0.1, 0.15) is 0 Å². The SMILES string of the molecule is Oc1c(Cc2ccc(Cl)c(Cl)c2)c(C2CCC2)nc2ccnn12. The normalized spacial score (nSPS) is 15.0. The monoisotopic (exact) mass is 347 g/mol. The van der Waals surface area contributed by atoms with Crippen LogP contribution in [-0.4, -0.2) is 19.7 Å². The fourth-order valence-corrected chi connectivity index (χ4v) is 3.34. The third-order valence-corrected chi connectivity index (χ3v) is 5.23. The molecule has 0 radical (unpaired) electrons. The largest absolute Gasteiger partial charge is 0.493 e. The number of rotatable bonds is 3. The van der Waals surface area contributed by atoms with Crippen LogP contribution in [0.2, 0.25) is 10.0 Å². The number of hydrogen-bond donors (Lipinski definition) is 1. The Morgan fingerprint density at radius 3 is 2.70 bits per heavy atom. The van der Waals surface area contributed by atoms with E-state index in [2.05, 4.69) is 5.10 Å². The lowest BCUT2D eigenvalue weighted by molar-refractivity contribution is 0.393. The van der Waals surface area contributed by atoms with Crippen LogP contribution in [0.15, 0.2) is 30.5 Å². The Balaban J connectivity index is 1.83. The van der Waals surface area contributed by atoms with Crippen molar-refractivity contribution in [2.45, 2.75) is 31.6 Å². The molecule has 0 bridgehead atoms. The third kappa shape index (κ3) is 2.56. The van der Waals surface area contributed by atoms with E-state index >= 15 is 0 Å². The number of halogens is 2. The molecular weight excluding hydrogens is 333 g/mol. The zero-order valence-corrected chi connectivity index (χ0v) is 13.8. The molecule has 0 atom stereocenters. The molecule has 0 unspecified atom stereocenters. The van der Waals surface area contributed by atoms with Crippen molar-refractivity contribution in [2.24, 2.45) is 0 Å². The van der Waals surface area contributed by atoms with Crippen molar-refractivity contribution in [1.29, 1.82) is 0 Å². The van der Waals surface area contributed by atoms with Crippen LogP contribution in [0, 0.1) is 0 Å². The molecule has 4 rings (SSSR count). The fraction of sp³-hybridized carbons (Fsp3) is 0.294. The molecule has 118 valence electrons. The molecular formula is C17H15Cl2N3O. The summed E-state index contributed by atoms with van der Waals surface area (Å²) in [6, 6.07) is 7.34. The average Bonchev–Trinajstić information content (AvgIpc) is 2.93. The van der Waals surface area contributed by atoms with Crippen LogP contribution in [0.4, 0.5) is 0 Å². The first-order valence-electron chi connectivity index (χ1n) is 7.63. The molecule has 0 saturated heterocycles. The lowest BCUT2D eigenvalue weighted by Crippen LogP contribution is -2.15. The molecule has 1 fully saturated rings. The Bertz CT molecular complexity index is 887. The summed E-state index contributed by atoms with van der Waals surface area (Å²) in [5.74, 6) is 0.576. The summed E-state index contributed by atoms with van der Waals surface area (Å²) >= 11 is 12.1. The topological polar surface area (TPSA) is 50.4 Å². The Kier molecular flexibility index (Phi) is 3.66. The minimum Gasteiger partial charge on any atom is -0.493 e. The van der Waals surface area contributed by atoms with E-state index in [4.69, 9.17) is 28.2 Å². The maximum absolute atomic E-state index is 10.7. The van der Waals surface area contributed by atoms with Crippen LogP contribution >= 0.6 is 23.2 Å². The summed E-state index contributed by atoms with van der Waals surface area (Å²) in [5.41, 5.74) is 3.47. The minimum absolute atomic E-state index is 0.160. The van der Waals surface area contributed by atoms with Crippen molar-refractivity contribution in [2.75, 3.05) is 0 Å². The van der Waals surface area contributed by atoms with Gasteiger partial charge in [0.15, 0.2) is 5.65 Å². The average molecular weight is 348 g/mol. The predicted octanol–water partition coefficient (Wildman–Crippen LogP) is 4.60.